The molecule has 2 rings (SSSR count). The summed E-state index contributed by atoms with van der Waals surface area (Å²) in [6, 6.07) is 7.41. The number of aliphatic hydroxyl groups is 1. The zero-order valence-corrected chi connectivity index (χ0v) is 9.60. The molecule has 0 bridgehead atoms. The Morgan fingerprint density at radius 1 is 1.53 bits per heavy atom. The molecule has 1 aromatic heterocycles. The molecule has 0 fully saturated rings. The van der Waals surface area contributed by atoms with Gasteiger partial charge in [0.2, 0.25) is 0 Å². The number of benzene rings is 1. The maximum absolute atomic E-state index is 11.9. The third kappa shape index (κ3) is 2.45. The van der Waals surface area contributed by atoms with E-state index in [1.54, 1.807) is 0 Å². The second kappa shape index (κ2) is 4.97. The van der Waals surface area contributed by atoms with Crippen molar-refractivity contribution in [2.24, 2.45) is 0 Å². The average Bonchev–Trinajstić information content (AvgIpc) is 2.72. The first-order chi connectivity index (χ1) is 8.22. The number of fused-ring (bicyclic) bond motifs is 1. The SMILES string of the molecule is CC(CCO)NC(=O)c1n[nH]c2ccccc12. The van der Waals surface area contributed by atoms with Crippen molar-refractivity contribution in [1.82, 2.24) is 15.5 Å². The van der Waals surface area contributed by atoms with Gasteiger partial charge in [-0.3, -0.25) is 9.89 Å². The molecule has 1 unspecified atom stereocenters. The van der Waals surface area contributed by atoms with Crippen molar-refractivity contribution in [3.8, 4) is 0 Å². The van der Waals surface area contributed by atoms with Gasteiger partial charge in [0.05, 0.1) is 5.52 Å². The normalized spacial score (nSPS) is 12.6. The van der Waals surface area contributed by atoms with Gasteiger partial charge in [-0.05, 0) is 19.4 Å². The van der Waals surface area contributed by atoms with Gasteiger partial charge in [-0.25, -0.2) is 0 Å². The fourth-order valence-electron chi connectivity index (χ4n) is 1.69. The van der Waals surface area contributed by atoms with Crippen molar-refractivity contribution in [3.63, 3.8) is 0 Å². The molecule has 17 heavy (non-hydrogen) atoms. The van der Waals surface area contributed by atoms with E-state index in [0.717, 1.165) is 10.9 Å². The van der Waals surface area contributed by atoms with E-state index >= 15 is 0 Å². The number of aliphatic hydroxyl groups excluding tert-OH is 1. The van der Waals surface area contributed by atoms with Crippen molar-refractivity contribution >= 4 is 16.8 Å². The number of amides is 1. The van der Waals surface area contributed by atoms with Gasteiger partial charge in [0.15, 0.2) is 5.69 Å². The molecular weight excluding hydrogens is 218 g/mol. The minimum Gasteiger partial charge on any atom is -0.396 e. The van der Waals surface area contributed by atoms with E-state index in [4.69, 9.17) is 5.11 Å². The summed E-state index contributed by atoms with van der Waals surface area (Å²) in [4.78, 5) is 11.9. The molecule has 1 aromatic carbocycles. The average molecular weight is 233 g/mol. The van der Waals surface area contributed by atoms with E-state index < -0.39 is 0 Å². The lowest BCUT2D eigenvalue weighted by Gasteiger charge is -2.10. The number of aromatic amines is 1. The lowest BCUT2D eigenvalue weighted by Crippen LogP contribution is -2.33. The summed E-state index contributed by atoms with van der Waals surface area (Å²) in [5.74, 6) is -0.219. The smallest absolute Gasteiger partial charge is 0.272 e. The van der Waals surface area contributed by atoms with Crippen molar-refractivity contribution in [2.75, 3.05) is 6.61 Å². The number of nitrogens with one attached hydrogen (secondary N) is 2. The lowest BCUT2D eigenvalue weighted by molar-refractivity contribution is 0.0931. The second-order valence-electron chi connectivity index (χ2n) is 4.00. The molecule has 5 heteroatoms. The number of aromatic nitrogens is 2. The van der Waals surface area contributed by atoms with Crippen molar-refractivity contribution in [3.05, 3.63) is 30.0 Å². The number of carbonyl (C=O) groups is 1. The summed E-state index contributed by atoms with van der Waals surface area (Å²) in [5, 5.41) is 19.2. The summed E-state index contributed by atoms with van der Waals surface area (Å²) >= 11 is 0. The monoisotopic (exact) mass is 233 g/mol. The van der Waals surface area contributed by atoms with Crippen LogP contribution in [-0.4, -0.2) is 33.9 Å². The molecule has 1 atom stereocenters. The van der Waals surface area contributed by atoms with Crippen LogP contribution in [0.4, 0.5) is 0 Å². The number of H-pyrrole nitrogens is 1. The maximum Gasteiger partial charge on any atom is 0.272 e. The fraction of sp³-hybridized carbons (Fsp3) is 0.333. The lowest BCUT2D eigenvalue weighted by atomic mass is 10.2. The van der Waals surface area contributed by atoms with Crippen molar-refractivity contribution < 1.29 is 9.90 Å². The molecule has 0 saturated carbocycles. The molecule has 0 aliphatic rings. The van der Waals surface area contributed by atoms with E-state index in [2.05, 4.69) is 15.5 Å². The summed E-state index contributed by atoms with van der Waals surface area (Å²) in [5.41, 5.74) is 1.23. The Hall–Kier alpha value is -1.88. The molecule has 0 radical (unpaired) electrons. The van der Waals surface area contributed by atoms with E-state index in [9.17, 15) is 4.79 Å². The molecule has 1 heterocycles. The topological polar surface area (TPSA) is 78.0 Å². The molecule has 3 N–H and O–H groups in total. The van der Waals surface area contributed by atoms with Gasteiger partial charge in [0, 0.05) is 18.0 Å². The summed E-state index contributed by atoms with van der Waals surface area (Å²) < 4.78 is 0. The first-order valence-electron chi connectivity index (χ1n) is 5.57. The number of hydrogen-bond donors (Lipinski definition) is 3. The van der Waals surface area contributed by atoms with Crippen LogP contribution in [0.15, 0.2) is 24.3 Å². The number of carbonyl (C=O) groups excluding carboxylic acids is 1. The highest BCUT2D eigenvalue weighted by Crippen LogP contribution is 2.14. The van der Waals surface area contributed by atoms with E-state index in [-0.39, 0.29) is 18.6 Å². The number of hydrogen-bond acceptors (Lipinski definition) is 3. The molecule has 5 nitrogen and oxygen atoms in total. The molecule has 90 valence electrons. The largest absolute Gasteiger partial charge is 0.396 e. The van der Waals surface area contributed by atoms with Gasteiger partial charge in [-0.1, -0.05) is 18.2 Å². The molecule has 1 amide bonds. The first kappa shape index (κ1) is 11.6. The number of nitrogens with zero attached hydrogens (tertiary/aromatic N) is 1. The number of para-hydroxylation sites is 1. The molecule has 0 aliphatic carbocycles. The standard InChI is InChI=1S/C12H15N3O2/c1-8(6-7-16)13-12(17)11-9-4-2-3-5-10(9)14-15-11/h2-5,8,16H,6-7H2,1H3,(H,13,17)(H,14,15). The van der Waals surface area contributed by atoms with Gasteiger partial charge >= 0.3 is 0 Å². The zero-order chi connectivity index (χ0) is 12.3. The van der Waals surface area contributed by atoms with Crippen LogP contribution in [0, 0.1) is 0 Å². The van der Waals surface area contributed by atoms with Crippen LogP contribution in [0.1, 0.15) is 23.8 Å². The first-order valence-corrected chi connectivity index (χ1v) is 5.57. The Labute approximate surface area is 98.8 Å². The van der Waals surface area contributed by atoms with Crippen LogP contribution in [0.5, 0.6) is 0 Å². The maximum atomic E-state index is 11.9. The number of rotatable bonds is 4. The fourth-order valence-corrected chi connectivity index (χ4v) is 1.69. The van der Waals surface area contributed by atoms with Gasteiger partial charge in [-0.2, -0.15) is 5.10 Å². The van der Waals surface area contributed by atoms with Crippen LogP contribution in [-0.2, 0) is 0 Å². The van der Waals surface area contributed by atoms with Gasteiger partial charge < -0.3 is 10.4 Å². The predicted octanol–water partition coefficient (Wildman–Crippen LogP) is 1.06. The zero-order valence-electron chi connectivity index (χ0n) is 9.60. The highest BCUT2D eigenvalue weighted by atomic mass is 16.3. The van der Waals surface area contributed by atoms with Crippen LogP contribution in [0.3, 0.4) is 0 Å². The van der Waals surface area contributed by atoms with Crippen molar-refractivity contribution in [1.29, 1.82) is 0 Å². The molecule has 0 aliphatic heterocycles. The van der Waals surface area contributed by atoms with Gasteiger partial charge in [0.1, 0.15) is 0 Å². The Balaban J connectivity index is 2.19. The Kier molecular flexibility index (Phi) is 3.39. The predicted molar refractivity (Wildman–Crippen MR) is 64.7 cm³/mol. The highest BCUT2D eigenvalue weighted by Gasteiger charge is 2.15. The van der Waals surface area contributed by atoms with Gasteiger partial charge in [-0.15, -0.1) is 0 Å². The van der Waals surface area contributed by atoms with E-state index in [0.29, 0.717) is 12.1 Å². The van der Waals surface area contributed by atoms with Crippen LogP contribution < -0.4 is 5.32 Å². The third-order valence-corrected chi connectivity index (χ3v) is 2.63. The molecule has 2 aromatic rings. The van der Waals surface area contributed by atoms with Gasteiger partial charge in [0.25, 0.3) is 5.91 Å². The van der Waals surface area contributed by atoms with E-state index in [1.807, 2.05) is 31.2 Å². The summed E-state index contributed by atoms with van der Waals surface area (Å²) in [6.45, 7) is 1.91. The Morgan fingerprint density at radius 3 is 3.06 bits per heavy atom. The summed E-state index contributed by atoms with van der Waals surface area (Å²) in [7, 11) is 0. The molecule has 0 saturated heterocycles. The van der Waals surface area contributed by atoms with Crippen LogP contribution >= 0.6 is 0 Å². The second-order valence-corrected chi connectivity index (χ2v) is 4.00. The van der Waals surface area contributed by atoms with Crippen LogP contribution in [0.2, 0.25) is 0 Å². The van der Waals surface area contributed by atoms with E-state index in [1.165, 1.54) is 0 Å². The Morgan fingerprint density at radius 2 is 2.29 bits per heavy atom. The minimum absolute atomic E-state index is 0.0583. The van der Waals surface area contributed by atoms with Crippen LogP contribution in [0.25, 0.3) is 10.9 Å². The third-order valence-electron chi connectivity index (χ3n) is 2.63. The highest BCUT2D eigenvalue weighted by molar-refractivity contribution is 6.04. The Bertz CT molecular complexity index is 521. The minimum atomic E-state index is -0.219. The quantitative estimate of drug-likeness (QED) is 0.739. The van der Waals surface area contributed by atoms with Crippen molar-refractivity contribution in [2.45, 2.75) is 19.4 Å². The molecule has 0 spiro atoms. The molecular formula is C12H15N3O2. The summed E-state index contributed by atoms with van der Waals surface area (Å²) in [6.07, 6.45) is 0.536.